The first kappa shape index (κ1) is 31.4. The standard InChI is InChI=1S/C20H26N2O2.C10H8O6S2/c1-17-4-2-11-21(16-17)12-3-15-24-20-7-5-18(6-8-20)19-9-13-22(23)14-10-19;11-17(12,13)9-5-1-3-7-8(9)4-2-6-10(7)18(14,15)16/h5-10,13-14,17H,2-4,11-12,15-16H2,1H3;1-6H,(H,11,12,13)(H,14,15,16)/t17-;/m0./s1. The second-order valence-electron chi connectivity index (χ2n) is 10.3. The van der Waals surface area contributed by atoms with Crippen LogP contribution in [0.15, 0.2) is 95.0 Å². The maximum Gasteiger partial charge on any atom is 0.295 e. The molecule has 2 heterocycles. The Hall–Kier alpha value is -3.55. The first-order chi connectivity index (χ1) is 19.9. The second-order valence-corrected chi connectivity index (χ2v) is 13.1. The molecule has 1 fully saturated rings. The van der Waals surface area contributed by atoms with Gasteiger partial charge >= 0.3 is 0 Å². The number of nitrogens with zero attached hydrogens (tertiary/aromatic N) is 2. The van der Waals surface area contributed by atoms with Crippen molar-refractivity contribution < 1.29 is 35.4 Å². The van der Waals surface area contributed by atoms with Gasteiger partial charge in [0.2, 0.25) is 0 Å². The van der Waals surface area contributed by atoms with Gasteiger partial charge in [0, 0.05) is 36.0 Å². The highest BCUT2D eigenvalue weighted by Gasteiger charge is 2.19. The lowest BCUT2D eigenvalue weighted by Gasteiger charge is -2.30. The molecule has 0 bridgehead atoms. The minimum Gasteiger partial charge on any atom is -0.619 e. The molecule has 0 spiro atoms. The van der Waals surface area contributed by atoms with Crippen LogP contribution in [-0.4, -0.2) is 57.1 Å². The lowest BCUT2D eigenvalue weighted by atomic mass is 10.0. The molecule has 224 valence electrons. The lowest BCUT2D eigenvalue weighted by Crippen LogP contribution is -2.35. The fourth-order valence-electron chi connectivity index (χ4n) is 5.02. The molecule has 12 heteroatoms. The van der Waals surface area contributed by atoms with Crippen molar-refractivity contribution in [3.63, 3.8) is 0 Å². The van der Waals surface area contributed by atoms with Gasteiger partial charge in [0.15, 0.2) is 12.4 Å². The van der Waals surface area contributed by atoms with E-state index in [1.54, 1.807) is 0 Å². The normalized spacial score (nSPS) is 16.0. The fraction of sp³-hybridized carbons (Fsp3) is 0.300. The first-order valence-corrected chi connectivity index (χ1v) is 16.4. The number of ether oxygens (including phenoxy) is 1. The number of aromatic nitrogens is 1. The minimum absolute atomic E-state index is 0.0233. The largest absolute Gasteiger partial charge is 0.619 e. The summed E-state index contributed by atoms with van der Waals surface area (Å²) in [6, 6.07) is 19.2. The van der Waals surface area contributed by atoms with Gasteiger partial charge in [0.1, 0.15) is 15.5 Å². The smallest absolute Gasteiger partial charge is 0.295 e. The van der Waals surface area contributed by atoms with Gasteiger partial charge in [-0.2, -0.15) is 21.6 Å². The van der Waals surface area contributed by atoms with Crippen molar-refractivity contribution in [2.75, 3.05) is 26.2 Å². The molecule has 3 aromatic carbocycles. The summed E-state index contributed by atoms with van der Waals surface area (Å²) < 4.78 is 69.3. The molecule has 1 atom stereocenters. The average molecular weight is 615 g/mol. The monoisotopic (exact) mass is 614 g/mol. The SMILES string of the molecule is C[C@H]1CCCN(CCCOc2ccc(-c3cc[n+]([O-])cc3)cc2)C1.O=S(=O)(O)c1cccc2c(S(=O)(=O)O)cccc12. The molecule has 2 N–H and O–H groups in total. The van der Waals surface area contributed by atoms with Crippen molar-refractivity contribution in [2.45, 2.75) is 36.0 Å². The zero-order valence-corrected chi connectivity index (χ0v) is 24.8. The van der Waals surface area contributed by atoms with Gasteiger partial charge in [-0.1, -0.05) is 43.3 Å². The maximum absolute atomic E-state index is 11.2. The van der Waals surface area contributed by atoms with Gasteiger partial charge < -0.3 is 14.8 Å². The molecule has 4 aromatic rings. The Morgan fingerprint density at radius 3 is 1.93 bits per heavy atom. The van der Waals surface area contributed by atoms with Crippen LogP contribution in [0, 0.1) is 11.1 Å². The predicted octanol–water partition coefficient (Wildman–Crippen LogP) is 4.82. The van der Waals surface area contributed by atoms with Crippen LogP contribution in [0.2, 0.25) is 0 Å². The molecule has 0 aliphatic carbocycles. The molecular formula is C30H34N2O8S2. The Bertz CT molecular complexity index is 1640. The van der Waals surface area contributed by atoms with E-state index in [4.69, 9.17) is 13.8 Å². The number of pyridine rings is 1. The number of rotatable bonds is 8. The summed E-state index contributed by atoms with van der Waals surface area (Å²) in [5.41, 5.74) is 2.12. The zero-order valence-electron chi connectivity index (χ0n) is 23.2. The molecule has 0 unspecified atom stereocenters. The Labute approximate surface area is 246 Å². The third kappa shape index (κ3) is 8.49. The van der Waals surface area contributed by atoms with Crippen LogP contribution >= 0.6 is 0 Å². The van der Waals surface area contributed by atoms with E-state index in [0.717, 1.165) is 59.2 Å². The Balaban J connectivity index is 0.000000201. The van der Waals surface area contributed by atoms with E-state index in [9.17, 15) is 22.0 Å². The molecule has 5 rings (SSSR count). The van der Waals surface area contributed by atoms with E-state index < -0.39 is 30.0 Å². The van der Waals surface area contributed by atoms with Crippen molar-refractivity contribution in [1.29, 1.82) is 0 Å². The number of benzene rings is 3. The third-order valence-corrected chi connectivity index (χ3v) is 8.84. The molecule has 1 saturated heterocycles. The van der Waals surface area contributed by atoms with Gasteiger partial charge in [-0.25, -0.2) is 0 Å². The molecule has 1 aromatic heterocycles. The Morgan fingerprint density at radius 1 is 0.857 bits per heavy atom. The van der Waals surface area contributed by atoms with E-state index in [2.05, 4.69) is 11.8 Å². The van der Waals surface area contributed by atoms with Crippen molar-refractivity contribution in [3.8, 4) is 16.9 Å². The predicted molar refractivity (Wildman–Crippen MR) is 159 cm³/mol. The van der Waals surface area contributed by atoms with Crippen LogP contribution in [-0.2, 0) is 20.2 Å². The highest BCUT2D eigenvalue weighted by atomic mass is 32.2. The molecule has 0 saturated carbocycles. The summed E-state index contributed by atoms with van der Waals surface area (Å²) in [6.45, 7) is 6.69. The topological polar surface area (TPSA) is 148 Å². The van der Waals surface area contributed by atoms with Gasteiger partial charge in [0.25, 0.3) is 20.2 Å². The van der Waals surface area contributed by atoms with Gasteiger partial charge in [-0.15, -0.1) is 0 Å². The molecule has 0 amide bonds. The maximum atomic E-state index is 11.2. The van der Waals surface area contributed by atoms with Gasteiger partial charge in [0.05, 0.1) is 6.61 Å². The second kappa shape index (κ2) is 13.6. The summed E-state index contributed by atoms with van der Waals surface area (Å²) in [5, 5.41) is 11.1. The van der Waals surface area contributed by atoms with Crippen LogP contribution in [0.4, 0.5) is 0 Å². The van der Waals surface area contributed by atoms with Crippen LogP contribution in [0.25, 0.3) is 21.9 Å². The van der Waals surface area contributed by atoms with Crippen molar-refractivity contribution in [3.05, 3.63) is 90.4 Å². The van der Waals surface area contributed by atoms with E-state index >= 15 is 0 Å². The van der Waals surface area contributed by atoms with Crippen LogP contribution in [0.3, 0.4) is 0 Å². The highest BCUT2D eigenvalue weighted by Crippen LogP contribution is 2.28. The summed E-state index contributed by atoms with van der Waals surface area (Å²) in [7, 11) is -8.94. The summed E-state index contributed by atoms with van der Waals surface area (Å²) in [4.78, 5) is 1.73. The van der Waals surface area contributed by atoms with E-state index in [1.165, 1.54) is 62.6 Å². The van der Waals surface area contributed by atoms with E-state index in [0.29, 0.717) is 0 Å². The van der Waals surface area contributed by atoms with Crippen molar-refractivity contribution in [1.82, 2.24) is 4.90 Å². The number of hydrogen-bond donors (Lipinski definition) is 2. The van der Waals surface area contributed by atoms with Crippen molar-refractivity contribution in [2.24, 2.45) is 5.92 Å². The zero-order chi connectivity index (χ0) is 30.3. The molecule has 0 radical (unpaired) electrons. The van der Waals surface area contributed by atoms with Gasteiger partial charge in [-0.05, 0) is 67.1 Å². The fourth-order valence-corrected chi connectivity index (χ4v) is 6.43. The van der Waals surface area contributed by atoms with Gasteiger partial charge in [-0.3, -0.25) is 9.11 Å². The third-order valence-electron chi connectivity index (χ3n) is 7.02. The molecule has 1 aliphatic rings. The number of fused-ring (bicyclic) bond motifs is 1. The lowest BCUT2D eigenvalue weighted by molar-refractivity contribution is -0.605. The molecule has 10 nitrogen and oxygen atoms in total. The Morgan fingerprint density at radius 2 is 1.40 bits per heavy atom. The van der Waals surface area contributed by atoms with Crippen LogP contribution < -0.4 is 9.47 Å². The van der Waals surface area contributed by atoms with E-state index in [-0.39, 0.29) is 10.8 Å². The van der Waals surface area contributed by atoms with Crippen LogP contribution in [0.5, 0.6) is 5.75 Å². The Kier molecular flexibility index (Phi) is 10.2. The van der Waals surface area contributed by atoms with Crippen LogP contribution in [0.1, 0.15) is 26.2 Å². The highest BCUT2D eigenvalue weighted by molar-refractivity contribution is 7.86. The average Bonchev–Trinajstić information content (AvgIpc) is 2.95. The molecule has 42 heavy (non-hydrogen) atoms. The number of likely N-dealkylation sites (tertiary alicyclic amines) is 1. The first-order valence-electron chi connectivity index (χ1n) is 13.5. The number of hydrogen-bond acceptors (Lipinski definition) is 7. The summed E-state index contributed by atoms with van der Waals surface area (Å²) in [6.07, 6.45) is 6.80. The summed E-state index contributed by atoms with van der Waals surface area (Å²) in [5.74, 6) is 1.74. The minimum atomic E-state index is -4.47. The number of piperidine rings is 1. The van der Waals surface area contributed by atoms with E-state index in [1.807, 2.05) is 36.4 Å². The quantitative estimate of drug-likeness (QED) is 0.123. The summed E-state index contributed by atoms with van der Waals surface area (Å²) >= 11 is 0. The molecular weight excluding hydrogens is 580 g/mol. The molecule has 1 aliphatic heterocycles. The van der Waals surface area contributed by atoms with Crippen molar-refractivity contribution >= 4 is 31.0 Å².